The van der Waals surface area contributed by atoms with Crippen LogP contribution in [-0.2, 0) is 15.9 Å². The minimum absolute atomic E-state index is 0. The molecule has 6 aromatic carbocycles. The zero-order chi connectivity index (χ0) is 60.0. The van der Waals surface area contributed by atoms with Gasteiger partial charge in [-0.05, 0) is 101 Å². The summed E-state index contributed by atoms with van der Waals surface area (Å²) in [6.07, 6.45) is 19.4. The number of rotatable bonds is 12. The van der Waals surface area contributed by atoms with Crippen molar-refractivity contribution in [1.29, 1.82) is 0 Å². The van der Waals surface area contributed by atoms with E-state index in [4.69, 9.17) is 63.8 Å². The Bertz CT molecular complexity index is 3190. The van der Waals surface area contributed by atoms with Gasteiger partial charge in [-0.25, -0.2) is 9.97 Å². The molecule has 0 spiro atoms. The maximum Gasteiger partial charge on any atom is -0.0134 e. The second kappa shape index (κ2) is 38.4. The number of nitrogens with two attached hydrogens (primary N) is 2. The second-order valence-corrected chi connectivity index (χ2v) is 27.5. The summed E-state index contributed by atoms with van der Waals surface area (Å²) in [4.78, 5) is 24.1. The summed E-state index contributed by atoms with van der Waals surface area (Å²) < 4.78 is 0.874. The maximum absolute atomic E-state index is 8.65. The van der Waals surface area contributed by atoms with Gasteiger partial charge in [0.1, 0.15) is 11.6 Å². The van der Waals surface area contributed by atoms with Crippen LogP contribution in [-0.4, -0.2) is 59.2 Å². The number of anilines is 4. The molecule has 0 aliphatic heterocycles. The van der Waals surface area contributed by atoms with Gasteiger partial charge >= 0.3 is 42.1 Å². The Labute approximate surface area is 543 Å². The first kappa shape index (κ1) is 69.2. The van der Waals surface area contributed by atoms with E-state index in [1.165, 1.54) is 88.8 Å². The normalized spacial score (nSPS) is 12.4. The standard InChI is InChI=1S/2C18H15P.C14H16ClN5.C9H13BrN4.C5H5BClNO2.CH4.2ClH.Pd/c2*1-4-10-16(11-5-1)19(17-12-6-2-7-13-17)18-14-8-3-9-15-18;15-12-8-17-6-5-10(12)11-7-18-14(16)20-13(11)19-9-3-1-2-4-9;10-7-5-12-9(11)14-8(7)13-6-3-1-2-4-6;7-5-3-8-2-1-4(5)6(9)10;;;;/h2*1-15H;5-9H,1-4H2,(H3,16,18,19,20);5-6H,1-4H2,(H3,11,12,13,14);1-3,9-10H;1H4;2*1H;/q;;;;;;;;+2/p-2. The van der Waals surface area contributed by atoms with Gasteiger partial charge in [-0.2, -0.15) is 9.97 Å². The van der Waals surface area contributed by atoms with Gasteiger partial charge in [0.05, 0.1) is 14.5 Å². The summed E-state index contributed by atoms with van der Waals surface area (Å²) in [6.45, 7) is 0. The summed E-state index contributed by atoms with van der Waals surface area (Å²) in [5.41, 5.74) is 13.2. The van der Waals surface area contributed by atoms with Crippen molar-refractivity contribution in [3.8, 4) is 11.1 Å². The third-order valence-corrected chi connectivity index (χ3v) is 19.3. The molecule has 86 heavy (non-hydrogen) atoms. The molecule has 12 nitrogen and oxygen atoms in total. The van der Waals surface area contributed by atoms with E-state index in [1.54, 1.807) is 24.8 Å². The van der Waals surface area contributed by atoms with Crippen molar-refractivity contribution >= 4 is 142 Å². The van der Waals surface area contributed by atoms with Crippen LogP contribution in [0.5, 0.6) is 0 Å². The average Bonchev–Trinajstić information content (AvgIpc) is 3.75. The Morgan fingerprint density at radius 3 is 1.13 bits per heavy atom. The molecular weight excluding hydrogens is 1350 g/mol. The zero-order valence-corrected chi connectivity index (χ0v) is 54.1. The molecule has 0 saturated heterocycles. The number of hydrogen-bond acceptors (Lipinski definition) is 12. The zero-order valence-electron chi connectivity index (χ0n) is 46.2. The molecule has 2 saturated carbocycles. The quantitative estimate of drug-likeness (QED) is 0.0501. The molecule has 448 valence electrons. The third kappa shape index (κ3) is 22.4. The Hall–Kier alpha value is -5.87. The van der Waals surface area contributed by atoms with Crippen LogP contribution < -0.4 is 59.4 Å². The van der Waals surface area contributed by atoms with E-state index in [2.05, 4.69) is 238 Å². The molecule has 4 aromatic heterocycles. The van der Waals surface area contributed by atoms with Gasteiger partial charge < -0.3 is 32.1 Å². The molecule has 10 aromatic rings. The van der Waals surface area contributed by atoms with Crippen molar-refractivity contribution < 1.29 is 26.0 Å². The molecule has 12 rings (SSSR count). The van der Waals surface area contributed by atoms with Crippen LogP contribution in [0, 0.1) is 0 Å². The molecule has 0 bridgehead atoms. The Kier molecular flexibility index (Phi) is 30.9. The molecule has 2 fully saturated rings. The van der Waals surface area contributed by atoms with E-state index in [9.17, 15) is 0 Å². The maximum atomic E-state index is 8.65. The SMILES string of the molecule is C.Nc1ncc(-c2ccncc2Cl)c(NC2CCCC2)n1.Nc1ncc(Br)c(NC2CCCC2)n1.OB(O)c1ccncc1Cl.[Cl][Pd][Cl].c1ccc(P(c2ccccc2)c2ccccc2)cc1.c1ccc(P(c2ccccc2)c2ccccc2)cc1. The predicted octanol–water partition coefficient (Wildman–Crippen LogP) is 13.6. The smallest absolute Gasteiger partial charge is 0.0134 e. The third-order valence-electron chi connectivity index (χ3n) is 13.2. The van der Waals surface area contributed by atoms with Crippen molar-refractivity contribution in [2.24, 2.45) is 0 Å². The number of hydrogen-bond donors (Lipinski definition) is 6. The molecule has 0 amide bonds. The van der Waals surface area contributed by atoms with Gasteiger partial charge in [-0.15, -0.1) is 0 Å². The van der Waals surface area contributed by atoms with E-state index < -0.39 is 23.0 Å². The fourth-order valence-electron chi connectivity index (χ4n) is 9.26. The summed E-state index contributed by atoms with van der Waals surface area (Å²) in [5.74, 6) is 2.13. The molecule has 4 heterocycles. The van der Waals surface area contributed by atoms with E-state index in [0.717, 1.165) is 40.1 Å². The Morgan fingerprint density at radius 1 is 0.465 bits per heavy atom. The van der Waals surface area contributed by atoms with Crippen molar-refractivity contribution in [1.82, 2.24) is 29.9 Å². The van der Waals surface area contributed by atoms with E-state index >= 15 is 0 Å². The number of nitrogens with zero attached hydrogens (tertiary/aromatic N) is 6. The monoisotopic (exact) mass is 1420 g/mol. The summed E-state index contributed by atoms with van der Waals surface area (Å²) in [7, 11) is 7.22. The minimum Gasteiger partial charge on any atom is -0.0622 e. The van der Waals surface area contributed by atoms with Crippen LogP contribution in [0.15, 0.2) is 236 Å². The van der Waals surface area contributed by atoms with Gasteiger partial charge in [0.25, 0.3) is 0 Å². The van der Waals surface area contributed by atoms with Gasteiger partial charge in [0.2, 0.25) is 11.9 Å². The van der Waals surface area contributed by atoms with E-state index in [1.807, 2.05) is 6.07 Å². The first-order valence-corrected chi connectivity index (χ1v) is 35.5. The van der Waals surface area contributed by atoms with Crippen molar-refractivity contribution in [2.75, 3.05) is 22.1 Å². The van der Waals surface area contributed by atoms with Crippen molar-refractivity contribution in [3.63, 3.8) is 0 Å². The number of nitrogen functional groups attached to an aromatic ring is 2. The molecule has 21 heteroatoms. The van der Waals surface area contributed by atoms with Crippen LogP contribution in [0.25, 0.3) is 11.1 Å². The molecule has 0 unspecified atom stereocenters. The number of halogens is 5. The fraction of sp³-hybridized carbons (Fsp3) is 0.169. The first-order chi connectivity index (χ1) is 41.5. The molecule has 0 atom stereocenters. The number of nitrogens with one attached hydrogen (secondary N) is 2. The topological polar surface area (TPSA) is 194 Å². The summed E-state index contributed by atoms with van der Waals surface area (Å²) in [6, 6.07) is 69.0. The first-order valence-electron chi connectivity index (χ1n) is 27.2. The molecular formula is C65H68BBrCl4N10O2P2Pd. The van der Waals surface area contributed by atoms with Crippen LogP contribution >= 0.6 is 74.0 Å². The van der Waals surface area contributed by atoms with Gasteiger partial charge in [-0.3, -0.25) is 9.97 Å². The van der Waals surface area contributed by atoms with Gasteiger partial charge in [0, 0.05) is 65.9 Å². The minimum atomic E-state index is -1.52. The van der Waals surface area contributed by atoms with Crippen LogP contribution in [0.2, 0.25) is 10.0 Å². The number of aromatic nitrogens is 6. The average molecular weight is 1420 g/mol. The second-order valence-electron chi connectivity index (χ2n) is 19.0. The van der Waals surface area contributed by atoms with Crippen LogP contribution in [0.4, 0.5) is 23.5 Å². The summed E-state index contributed by atoms with van der Waals surface area (Å²) in [5, 5.41) is 33.4. The van der Waals surface area contributed by atoms with E-state index in [-0.39, 0.29) is 39.8 Å². The number of benzene rings is 6. The fourth-order valence-corrected chi connectivity index (χ4v) is 14.6. The van der Waals surface area contributed by atoms with Crippen molar-refractivity contribution in [3.05, 3.63) is 246 Å². The molecule has 0 radical (unpaired) electrons. The van der Waals surface area contributed by atoms with Crippen molar-refractivity contribution in [2.45, 2.75) is 70.9 Å². The Morgan fingerprint density at radius 2 is 0.791 bits per heavy atom. The number of pyridine rings is 2. The largest absolute Gasteiger partial charge is 0.0622 e. The Balaban J connectivity index is 0.000000172. The van der Waals surface area contributed by atoms with Crippen LogP contribution in [0.3, 0.4) is 0 Å². The van der Waals surface area contributed by atoms with E-state index in [0.29, 0.717) is 23.1 Å². The van der Waals surface area contributed by atoms with Gasteiger partial charge in [0.15, 0.2) is 0 Å². The molecule has 8 N–H and O–H groups in total. The summed E-state index contributed by atoms with van der Waals surface area (Å²) >= 11 is 15.0. The molecule has 2 aliphatic rings. The predicted molar refractivity (Wildman–Crippen MR) is 368 cm³/mol. The molecule has 2 aliphatic carbocycles. The van der Waals surface area contributed by atoms with Crippen LogP contribution in [0.1, 0.15) is 58.8 Å². The van der Waals surface area contributed by atoms with Gasteiger partial charge in [-0.1, -0.05) is 238 Å².